The molecule has 0 radical (unpaired) electrons. The average molecular weight is 519 g/mol. The van der Waals surface area contributed by atoms with Gasteiger partial charge >= 0.3 is 0 Å². The summed E-state index contributed by atoms with van der Waals surface area (Å²) >= 11 is 0. The molecule has 200 valence electrons. The molecule has 7 atom stereocenters. The Morgan fingerprint density at radius 2 is 1.87 bits per heavy atom. The molecule has 1 unspecified atom stereocenters. The number of carbonyl (C=O) groups excluding carboxylic acids is 1. The van der Waals surface area contributed by atoms with Crippen LogP contribution in [0.3, 0.4) is 0 Å². The van der Waals surface area contributed by atoms with Gasteiger partial charge in [0.15, 0.2) is 13.6 Å². The van der Waals surface area contributed by atoms with E-state index in [-0.39, 0.29) is 36.1 Å². The van der Waals surface area contributed by atoms with Crippen LogP contribution in [0.25, 0.3) is 11.8 Å². The van der Waals surface area contributed by atoms with Crippen molar-refractivity contribution in [2.75, 3.05) is 20.2 Å². The average Bonchev–Trinajstić information content (AvgIpc) is 3.66. The molecule has 0 bridgehead atoms. The Morgan fingerprint density at radius 3 is 2.66 bits per heavy atom. The molecule has 8 rings (SSSR count). The fourth-order valence-corrected chi connectivity index (χ4v) is 9.59. The van der Waals surface area contributed by atoms with E-state index in [1.165, 1.54) is 11.1 Å². The largest absolute Gasteiger partial charge is 0.508 e. The third kappa shape index (κ3) is 2.74. The highest BCUT2D eigenvalue weighted by molar-refractivity contribution is 5.86. The van der Waals surface area contributed by atoms with E-state index >= 15 is 0 Å². The Labute approximate surface area is 221 Å². The standard InChI is InChI=1S/C30H34N2O6/c1-27-12-18-14-32(20-4-6-21(33)7-5-20)31-24(18)11-19(27)3-8-22-23-9-10-29(28(23,2)13-25(34)26(22)27)30(38-17-36-29)15-35-16-37-30/h4-7,11,14,22-23,26,33H,3,8-10,12-13,15-17H2,1-2H3/t22-,23-,26+,27-,28-,29+,30?/m0/s1. The lowest BCUT2D eigenvalue weighted by atomic mass is 9.45. The molecule has 2 aromatic rings. The predicted octanol–water partition coefficient (Wildman–Crippen LogP) is 4.38. The molecule has 3 saturated carbocycles. The van der Waals surface area contributed by atoms with Crippen LogP contribution < -0.4 is 0 Å². The van der Waals surface area contributed by atoms with E-state index in [1.54, 1.807) is 12.1 Å². The molecule has 1 N–H and O–H groups in total. The number of aromatic nitrogens is 2. The first-order valence-electron chi connectivity index (χ1n) is 13.9. The summed E-state index contributed by atoms with van der Waals surface area (Å²) in [5.74, 6) is 0.339. The molecule has 4 aliphatic carbocycles. The molecular weight excluding hydrogens is 484 g/mol. The molecule has 0 amide bonds. The fourth-order valence-electron chi connectivity index (χ4n) is 9.59. The van der Waals surface area contributed by atoms with Crippen LogP contribution in [0.4, 0.5) is 0 Å². The van der Waals surface area contributed by atoms with Crippen molar-refractivity contribution in [2.24, 2.45) is 28.6 Å². The van der Waals surface area contributed by atoms with E-state index in [4.69, 9.17) is 24.0 Å². The van der Waals surface area contributed by atoms with Crippen LogP contribution >= 0.6 is 0 Å². The SMILES string of the molecule is C[C@]12Cc3cn(-c4ccc(O)cc4)nc3C=C1CC[C@@H]1[C@@H]2C(=O)C[C@@]2(C)[C@H]1CC[C@@]21OCOC12COCO2. The van der Waals surface area contributed by atoms with Crippen LogP contribution in [0.15, 0.2) is 36.0 Å². The Kier molecular flexibility index (Phi) is 4.65. The smallest absolute Gasteiger partial charge is 0.226 e. The van der Waals surface area contributed by atoms with Crippen LogP contribution in [-0.4, -0.2) is 52.3 Å². The number of phenols is 1. The minimum Gasteiger partial charge on any atom is -0.508 e. The summed E-state index contributed by atoms with van der Waals surface area (Å²) in [6.07, 6.45) is 9.47. The Morgan fingerprint density at radius 1 is 1.05 bits per heavy atom. The van der Waals surface area contributed by atoms with Gasteiger partial charge in [-0.1, -0.05) is 19.4 Å². The van der Waals surface area contributed by atoms with Gasteiger partial charge in [-0.2, -0.15) is 5.10 Å². The van der Waals surface area contributed by atoms with Gasteiger partial charge in [0.1, 0.15) is 23.7 Å². The van der Waals surface area contributed by atoms with Crippen LogP contribution in [0, 0.1) is 28.6 Å². The Bertz CT molecular complexity index is 1350. The zero-order chi connectivity index (χ0) is 25.9. The number of hydrogen-bond donors (Lipinski definition) is 1. The summed E-state index contributed by atoms with van der Waals surface area (Å²) in [7, 11) is 0. The number of benzene rings is 1. The molecule has 2 spiro atoms. The number of Topliss-reactive ketones (excluding diaryl/α,β-unsaturated/α-hetero) is 1. The maximum Gasteiger partial charge on any atom is 0.226 e. The number of allylic oxidation sites excluding steroid dienone is 1. The van der Waals surface area contributed by atoms with Gasteiger partial charge in [-0.05, 0) is 79.8 Å². The van der Waals surface area contributed by atoms with Gasteiger partial charge in [0, 0.05) is 29.4 Å². The molecule has 8 nitrogen and oxygen atoms in total. The molecule has 6 aliphatic rings. The molecular formula is C30H34N2O6. The molecule has 3 heterocycles. The molecule has 2 saturated heterocycles. The second kappa shape index (κ2) is 7.56. The van der Waals surface area contributed by atoms with Crippen LogP contribution in [0.5, 0.6) is 5.75 Å². The molecule has 1 aromatic heterocycles. The Hall–Kier alpha value is -2.52. The summed E-state index contributed by atoms with van der Waals surface area (Å²) in [6, 6.07) is 7.10. The summed E-state index contributed by atoms with van der Waals surface area (Å²) in [5, 5.41) is 14.6. The molecule has 38 heavy (non-hydrogen) atoms. The second-order valence-electron chi connectivity index (χ2n) is 12.7. The number of ketones is 1. The first-order chi connectivity index (χ1) is 18.3. The second-order valence-corrected chi connectivity index (χ2v) is 12.7. The summed E-state index contributed by atoms with van der Waals surface area (Å²) in [5.41, 5.74) is 3.22. The fraction of sp³-hybridized carbons (Fsp3) is 0.600. The lowest BCUT2D eigenvalue weighted by Gasteiger charge is -2.59. The molecule has 5 fully saturated rings. The number of phenolic OH excluding ortho intramolecular Hbond substituents is 1. The third-order valence-electron chi connectivity index (χ3n) is 11.2. The number of ether oxygens (including phenoxy) is 4. The number of aromatic hydroxyl groups is 1. The van der Waals surface area contributed by atoms with Crippen molar-refractivity contribution in [3.63, 3.8) is 0 Å². The van der Waals surface area contributed by atoms with E-state index < -0.39 is 11.4 Å². The van der Waals surface area contributed by atoms with Gasteiger partial charge in [-0.25, -0.2) is 4.68 Å². The van der Waals surface area contributed by atoms with Crippen molar-refractivity contribution in [3.8, 4) is 11.4 Å². The highest BCUT2D eigenvalue weighted by Gasteiger charge is 2.76. The van der Waals surface area contributed by atoms with E-state index in [2.05, 4.69) is 26.1 Å². The maximum atomic E-state index is 14.3. The van der Waals surface area contributed by atoms with Gasteiger partial charge in [-0.15, -0.1) is 0 Å². The predicted molar refractivity (Wildman–Crippen MR) is 136 cm³/mol. The third-order valence-corrected chi connectivity index (χ3v) is 11.2. The van der Waals surface area contributed by atoms with E-state index in [0.29, 0.717) is 30.6 Å². The number of hydrogen-bond acceptors (Lipinski definition) is 7. The van der Waals surface area contributed by atoms with E-state index in [9.17, 15) is 9.90 Å². The first kappa shape index (κ1) is 23.4. The highest BCUT2D eigenvalue weighted by Crippen LogP contribution is 2.70. The minimum absolute atomic E-state index is 0.0140. The van der Waals surface area contributed by atoms with Crippen molar-refractivity contribution in [1.29, 1.82) is 0 Å². The van der Waals surface area contributed by atoms with Crippen LogP contribution in [-0.2, 0) is 30.2 Å². The topological polar surface area (TPSA) is 92.0 Å². The number of fused-ring (bicyclic) bond motifs is 8. The van der Waals surface area contributed by atoms with Gasteiger partial charge in [-0.3, -0.25) is 4.79 Å². The van der Waals surface area contributed by atoms with Gasteiger partial charge in [0.25, 0.3) is 0 Å². The lowest BCUT2D eigenvalue weighted by molar-refractivity contribution is -0.246. The first-order valence-corrected chi connectivity index (χ1v) is 13.9. The number of rotatable bonds is 1. The van der Waals surface area contributed by atoms with Crippen molar-refractivity contribution in [2.45, 2.75) is 63.8 Å². The molecule has 8 heteroatoms. The monoisotopic (exact) mass is 518 g/mol. The number of carbonyl (C=O) groups is 1. The minimum atomic E-state index is -0.907. The summed E-state index contributed by atoms with van der Waals surface area (Å²) < 4.78 is 26.2. The molecule has 1 aromatic carbocycles. The number of nitrogens with zero attached hydrogens (tertiary/aromatic N) is 2. The Balaban J connectivity index is 1.15. The van der Waals surface area contributed by atoms with Gasteiger partial charge < -0.3 is 24.1 Å². The van der Waals surface area contributed by atoms with Crippen molar-refractivity contribution in [3.05, 3.63) is 47.3 Å². The summed E-state index contributed by atoms with van der Waals surface area (Å²) in [6.45, 7) is 5.32. The highest BCUT2D eigenvalue weighted by atomic mass is 16.9. The van der Waals surface area contributed by atoms with Gasteiger partial charge in [0.2, 0.25) is 5.79 Å². The molecule has 2 aliphatic heterocycles. The van der Waals surface area contributed by atoms with Crippen LogP contribution in [0.1, 0.15) is 57.2 Å². The maximum absolute atomic E-state index is 14.3. The van der Waals surface area contributed by atoms with E-state index in [0.717, 1.165) is 43.5 Å². The van der Waals surface area contributed by atoms with Crippen molar-refractivity contribution >= 4 is 11.9 Å². The summed E-state index contributed by atoms with van der Waals surface area (Å²) in [4.78, 5) is 14.3. The zero-order valence-electron chi connectivity index (χ0n) is 21.9. The van der Waals surface area contributed by atoms with Crippen molar-refractivity contribution < 1.29 is 28.8 Å². The lowest BCUT2D eigenvalue weighted by Crippen LogP contribution is -2.65. The quantitative estimate of drug-likeness (QED) is 0.599. The van der Waals surface area contributed by atoms with Crippen LogP contribution in [0.2, 0.25) is 0 Å². The normalized spacial score (nSPS) is 43.2. The van der Waals surface area contributed by atoms with E-state index in [1.807, 2.05) is 16.8 Å². The van der Waals surface area contributed by atoms with Crippen molar-refractivity contribution in [1.82, 2.24) is 9.78 Å². The van der Waals surface area contributed by atoms with Gasteiger partial charge in [0.05, 0.1) is 11.4 Å². The zero-order valence-corrected chi connectivity index (χ0v) is 21.9.